The van der Waals surface area contributed by atoms with Crippen LogP contribution in [0.3, 0.4) is 0 Å². The van der Waals surface area contributed by atoms with Gasteiger partial charge < -0.3 is 9.47 Å². The predicted octanol–water partition coefficient (Wildman–Crippen LogP) is 1.30. The molecule has 0 aromatic carbocycles. The number of hydrogen-bond donors (Lipinski definition) is 0. The molecule has 0 amide bonds. The maximum absolute atomic E-state index is 10.3. The Kier molecular flexibility index (Phi) is 11.7. The van der Waals surface area contributed by atoms with E-state index in [1.54, 1.807) is 0 Å². The average molecular weight is 188 g/mol. The Bertz CT molecular complexity index is 154. The lowest BCUT2D eigenvalue weighted by atomic mass is 10.4. The Morgan fingerprint density at radius 2 is 1.31 bits per heavy atom. The van der Waals surface area contributed by atoms with Crippen LogP contribution in [0.5, 0.6) is 0 Å². The van der Waals surface area contributed by atoms with Gasteiger partial charge in [-0.05, 0) is 13.8 Å². The molecule has 0 spiro atoms. The van der Waals surface area contributed by atoms with Crippen LogP contribution >= 0.6 is 0 Å². The second kappa shape index (κ2) is 10.7. The highest BCUT2D eigenvalue weighted by Gasteiger charge is 2.07. The summed E-state index contributed by atoms with van der Waals surface area (Å²) in [7, 11) is 2.43. The molecule has 4 nitrogen and oxygen atoms in total. The number of ether oxygens (including phenoxy) is 2. The van der Waals surface area contributed by atoms with Gasteiger partial charge in [0.05, 0.1) is 14.2 Å². The minimum absolute atomic E-state index is 0.312. The summed E-state index contributed by atoms with van der Waals surface area (Å²) in [5.41, 5.74) is 0. The van der Waals surface area contributed by atoms with E-state index in [0.29, 0.717) is 0 Å². The first-order valence-corrected chi connectivity index (χ1v) is 3.83. The van der Waals surface area contributed by atoms with Crippen LogP contribution in [0.4, 0.5) is 0 Å². The fourth-order valence-electron chi connectivity index (χ4n) is 0.262. The summed E-state index contributed by atoms with van der Waals surface area (Å²) in [6, 6.07) is 0. The maximum Gasteiger partial charge on any atom is 0.316 e. The van der Waals surface area contributed by atoms with Crippen molar-refractivity contribution >= 4 is 11.9 Å². The van der Waals surface area contributed by atoms with E-state index in [9.17, 15) is 9.59 Å². The van der Waals surface area contributed by atoms with E-state index in [4.69, 9.17) is 0 Å². The molecule has 0 aromatic heterocycles. The second-order valence-electron chi connectivity index (χ2n) is 2.00. The first-order chi connectivity index (χ1) is 6.12. The van der Waals surface area contributed by atoms with Crippen molar-refractivity contribution in [3.05, 3.63) is 12.2 Å². The van der Waals surface area contributed by atoms with Crippen molar-refractivity contribution < 1.29 is 19.1 Å². The standard InChI is InChI=1S/C5H8O4.C4H8/c1-8-4(6)3-5(7)9-2;1-3-4-2/h3H2,1-2H3;3-4H,1-2H3. The summed E-state index contributed by atoms with van der Waals surface area (Å²) in [4.78, 5) is 20.5. The number of hydrogen-bond acceptors (Lipinski definition) is 4. The zero-order chi connectivity index (χ0) is 10.7. The van der Waals surface area contributed by atoms with Crippen molar-refractivity contribution in [2.75, 3.05) is 14.2 Å². The Labute approximate surface area is 78.5 Å². The summed E-state index contributed by atoms with van der Waals surface area (Å²) in [5, 5.41) is 0. The lowest BCUT2D eigenvalue weighted by Crippen LogP contribution is -2.09. The van der Waals surface area contributed by atoms with Crippen molar-refractivity contribution in [1.82, 2.24) is 0 Å². The number of allylic oxidation sites excluding steroid dienone is 2. The van der Waals surface area contributed by atoms with Gasteiger partial charge >= 0.3 is 11.9 Å². The maximum atomic E-state index is 10.3. The predicted molar refractivity (Wildman–Crippen MR) is 49.1 cm³/mol. The van der Waals surface area contributed by atoms with Crippen LogP contribution in [0.15, 0.2) is 12.2 Å². The molecular formula is C9H16O4. The zero-order valence-electron chi connectivity index (χ0n) is 8.49. The van der Waals surface area contributed by atoms with Gasteiger partial charge in [-0.3, -0.25) is 9.59 Å². The van der Waals surface area contributed by atoms with E-state index in [1.165, 1.54) is 14.2 Å². The molecule has 0 aliphatic heterocycles. The molecule has 0 saturated carbocycles. The molecular weight excluding hydrogens is 172 g/mol. The molecule has 76 valence electrons. The lowest BCUT2D eigenvalue weighted by Gasteiger charge is -1.95. The highest BCUT2D eigenvalue weighted by molar-refractivity contribution is 5.90. The summed E-state index contributed by atoms with van der Waals surface area (Å²) in [6.45, 7) is 4.00. The van der Waals surface area contributed by atoms with Gasteiger partial charge in [-0.1, -0.05) is 12.2 Å². The largest absolute Gasteiger partial charge is 0.469 e. The molecule has 0 heterocycles. The molecule has 0 bridgehead atoms. The number of carbonyl (C=O) groups is 2. The molecule has 0 aromatic rings. The van der Waals surface area contributed by atoms with Crippen molar-refractivity contribution in [2.45, 2.75) is 20.3 Å². The number of methoxy groups -OCH3 is 2. The van der Waals surface area contributed by atoms with Crippen molar-refractivity contribution in [1.29, 1.82) is 0 Å². The SMILES string of the molecule is CC=CC.COC(=O)CC(=O)OC. The highest BCUT2D eigenvalue weighted by atomic mass is 16.5. The molecule has 0 rings (SSSR count). The van der Waals surface area contributed by atoms with Gasteiger partial charge in [-0.15, -0.1) is 0 Å². The number of carbonyl (C=O) groups excluding carboxylic acids is 2. The van der Waals surface area contributed by atoms with Gasteiger partial charge in [0.2, 0.25) is 0 Å². The summed E-state index contributed by atoms with van der Waals surface area (Å²) < 4.78 is 8.37. The van der Waals surface area contributed by atoms with Crippen molar-refractivity contribution in [3.8, 4) is 0 Å². The molecule has 0 aliphatic carbocycles. The normalized spacial score (nSPS) is 8.62. The Morgan fingerprint density at radius 1 is 1.00 bits per heavy atom. The summed E-state index contributed by atoms with van der Waals surface area (Å²) >= 11 is 0. The van der Waals surface area contributed by atoms with Crippen LogP contribution in [0.1, 0.15) is 20.3 Å². The quantitative estimate of drug-likeness (QED) is 0.372. The second-order valence-corrected chi connectivity index (χ2v) is 2.00. The number of esters is 2. The van der Waals surface area contributed by atoms with Crippen molar-refractivity contribution in [2.24, 2.45) is 0 Å². The van der Waals surface area contributed by atoms with Gasteiger partial charge in [0.1, 0.15) is 6.42 Å². The molecule has 4 heteroatoms. The third-order valence-electron chi connectivity index (χ3n) is 1.08. The average Bonchev–Trinajstić information content (AvgIpc) is 2.17. The Morgan fingerprint density at radius 3 is 1.46 bits per heavy atom. The fraction of sp³-hybridized carbons (Fsp3) is 0.556. The topological polar surface area (TPSA) is 52.6 Å². The van der Waals surface area contributed by atoms with Crippen LogP contribution in [0.2, 0.25) is 0 Å². The highest BCUT2D eigenvalue weighted by Crippen LogP contribution is 1.85. The summed E-state index contributed by atoms with van der Waals surface area (Å²) in [6.07, 6.45) is 3.69. The molecule has 0 unspecified atom stereocenters. The molecule has 13 heavy (non-hydrogen) atoms. The van der Waals surface area contributed by atoms with E-state index < -0.39 is 11.9 Å². The zero-order valence-corrected chi connectivity index (χ0v) is 8.49. The molecule has 0 saturated heterocycles. The molecule has 0 N–H and O–H groups in total. The van der Waals surface area contributed by atoms with E-state index >= 15 is 0 Å². The van der Waals surface area contributed by atoms with Crippen LogP contribution < -0.4 is 0 Å². The van der Waals surface area contributed by atoms with E-state index in [2.05, 4.69) is 9.47 Å². The van der Waals surface area contributed by atoms with Gasteiger partial charge in [0.15, 0.2) is 0 Å². The summed E-state index contributed by atoms with van der Waals surface area (Å²) in [5.74, 6) is -1.16. The number of rotatable bonds is 2. The first-order valence-electron chi connectivity index (χ1n) is 3.83. The van der Waals surface area contributed by atoms with Crippen LogP contribution in [0, 0.1) is 0 Å². The lowest BCUT2D eigenvalue weighted by molar-refractivity contribution is -0.151. The monoisotopic (exact) mass is 188 g/mol. The molecule has 0 radical (unpaired) electrons. The molecule has 0 aliphatic rings. The minimum atomic E-state index is -0.582. The van der Waals surface area contributed by atoms with Crippen LogP contribution in [-0.4, -0.2) is 26.2 Å². The van der Waals surface area contributed by atoms with Gasteiger partial charge in [-0.25, -0.2) is 0 Å². The van der Waals surface area contributed by atoms with Gasteiger partial charge in [-0.2, -0.15) is 0 Å². The third-order valence-corrected chi connectivity index (χ3v) is 1.08. The van der Waals surface area contributed by atoms with E-state index in [1.807, 2.05) is 26.0 Å². The van der Waals surface area contributed by atoms with E-state index in [0.717, 1.165) is 0 Å². The van der Waals surface area contributed by atoms with E-state index in [-0.39, 0.29) is 6.42 Å². The smallest absolute Gasteiger partial charge is 0.316 e. The van der Waals surface area contributed by atoms with Crippen LogP contribution in [0.25, 0.3) is 0 Å². The molecule has 0 atom stereocenters. The van der Waals surface area contributed by atoms with Crippen molar-refractivity contribution in [3.63, 3.8) is 0 Å². The first kappa shape index (κ1) is 14.2. The Hall–Kier alpha value is -1.32. The molecule has 0 fully saturated rings. The minimum Gasteiger partial charge on any atom is -0.469 e. The van der Waals surface area contributed by atoms with Crippen LogP contribution in [-0.2, 0) is 19.1 Å². The fourth-order valence-corrected chi connectivity index (χ4v) is 0.262. The third kappa shape index (κ3) is 13.6. The van der Waals surface area contributed by atoms with Gasteiger partial charge in [0.25, 0.3) is 0 Å². The van der Waals surface area contributed by atoms with Gasteiger partial charge in [0, 0.05) is 0 Å². The Balaban J connectivity index is 0.